The van der Waals surface area contributed by atoms with Crippen LogP contribution in [0.2, 0.25) is 0 Å². The highest BCUT2D eigenvalue weighted by molar-refractivity contribution is 5.76. The highest BCUT2D eigenvalue weighted by atomic mass is 16.5. The van der Waals surface area contributed by atoms with Gasteiger partial charge in [0.05, 0.1) is 12.2 Å². The van der Waals surface area contributed by atoms with Gasteiger partial charge in [0.25, 0.3) is 0 Å². The Morgan fingerprint density at radius 2 is 1.70 bits per heavy atom. The number of hydrogen-bond acceptors (Lipinski definition) is 4. The van der Waals surface area contributed by atoms with E-state index in [0.717, 1.165) is 32.1 Å². The quantitative estimate of drug-likeness (QED) is 0.371. The summed E-state index contributed by atoms with van der Waals surface area (Å²) in [7, 11) is 0. The third kappa shape index (κ3) is 9.38. The number of fused-ring (bicyclic) bond motifs is 1. The average Bonchev–Trinajstić information content (AvgIpc) is 3.30. The molecule has 0 aromatic carbocycles. The largest absolute Gasteiger partial charge is 0.449 e. The molecule has 6 heteroatoms. The lowest BCUT2D eigenvalue weighted by molar-refractivity contribution is -0.122. The van der Waals surface area contributed by atoms with Crippen molar-refractivity contribution >= 4 is 12.0 Å². The van der Waals surface area contributed by atoms with E-state index in [1.165, 1.54) is 0 Å². The zero-order valence-electron chi connectivity index (χ0n) is 19.2. The lowest BCUT2D eigenvalue weighted by atomic mass is 10.0. The fraction of sp³-hybridized carbons (Fsp3) is 0.833. The number of ether oxygens (including phenoxy) is 2. The highest BCUT2D eigenvalue weighted by Gasteiger charge is 2.49. The summed E-state index contributed by atoms with van der Waals surface area (Å²) in [5.74, 6) is 8.80. The lowest BCUT2D eigenvalue weighted by Crippen LogP contribution is -2.36. The molecule has 0 aromatic rings. The van der Waals surface area contributed by atoms with Crippen LogP contribution < -0.4 is 10.6 Å². The van der Waals surface area contributed by atoms with Gasteiger partial charge in [0.1, 0.15) is 0 Å². The molecule has 2 aliphatic rings. The Balaban J connectivity index is 1.48. The van der Waals surface area contributed by atoms with Crippen molar-refractivity contribution in [3.63, 3.8) is 0 Å². The van der Waals surface area contributed by atoms with E-state index < -0.39 is 6.09 Å². The second-order valence-electron chi connectivity index (χ2n) is 9.59. The summed E-state index contributed by atoms with van der Waals surface area (Å²) in [6, 6.07) is 0. The van der Waals surface area contributed by atoms with Gasteiger partial charge < -0.3 is 20.1 Å². The van der Waals surface area contributed by atoms with Gasteiger partial charge in [-0.15, -0.1) is 11.8 Å². The summed E-state index contributed by atoms with van der Waals surface area (Å²) in [6.07, 6.45) is 5.87. The zero-order chi connectivity index (χ0) is 22.0. The van der Waals surface area contributed by atoms with Crippen LogP contribution in [-0.2, 0) is 14.3 Å². The lowest BCUT2D eigenvalue weighted by Gasteiger charge is -2.25. The van der Waals surface area contributed by atoms with E-state index in [2.05, 4.69) is 36.3 Å². The minimum atomic E-state index is -0.403. The predicted octanol–water partition coefficient (Wildman–Crippen LogP) is 3.89. The summed E-state index contributed by atoms with van der Waals surface area (Å²) >= 11 is 0. The molecule has 2 N–H and O–H groups in total. The van der Waals surface area contributed by atoms with Crippen LogP contribution in [0, 0.1) is 35.5 Å². The molecule has 0 spiro atoms. The minimum Gasteiger partial charge on any atom is -0.449 e. The Bertz CT molecular complexity index is 602. The third-order valence-corrected chi connectivity index (χ3v) is 6.10. The number of amides is 2. The monoisotopic (exact) mass is 420 g/mol. The number of carbonyl (C=O) groups excluding carboxylic acids is 2. The zero-order valence-corrected chi connectivity index (χ0v) is 19.2. The van der Waals surface area contributed by atoms with Crippen LogP contribution >= 0.6 is 0 Å². The Kier molecular flexibility index (Phi) is 9.97. The second kappa shape index (κ2) is 12.2. The van der Waals surface area contributed by atoms with Crippen LogP contribution in [0.4, 0.5) is 4.79 Å². The summed E-state index contributed by atoms with van der Waals surface area (Å²) in [5.41, 5.74) is -0.307. The fourth-order valence-corrected chi connectivity index (χ4v) is 4.02. The first kappa shape index (κ1) is 24.5. The van der Waals surface area contributed by atoms with Gasteiger partial charge in [-0.3, -0.25) is 4.79 Å². The van der Waals surface area contributed by atoms with Gasteiger partial charge in [-0.2, -0.15) is 0 Å². The van der Waals surface area contributed by atoms with Crippen molar-refractivity contribution in [3.05, 3.63) is 0 Å². The highest BCUT2D eigenvalue weighted by Crippen LogP contribution is 2.52. The van der Waals surface area contributed by atoms with Gasteiger partial charge in [0.2, 0.25) is 5.91 Å². The van der Waals surface area contributed by atoms with Gasteiger partial charge in [0, 0.05) is 39.0 Å². The number of nitrogens with one attached hydrogen (secondary N) is 2. The normalized spacial score (nSPS) is 22.8. The van der Waals surface area contributed by atoms with Crippen LogP contribution in [0.5, 0.6) is 0 Å². The molecular formula is C24H40N2O4. The van der Waals surface area contributed by atoms with Crippen LogP contribution in [-0.4, -0.2) is 43.9 Å². The first-order valence-electron chi connectivity index (χ1n) is 11.6. The molecule has 0 saturated heterocycles. The van der Waals surface area contributed by atoms with Crippen LogP contribution in [0.1, 0.15) is 72.6 Å². The van der Waals surface area contributed by atoms with Crippen LogP contribution in [0.15, 0.2) is 0 Å². The smallest absolute Gasteiger partial charge is 0.407 e. The Hall–Kier alpha value is -1.74. The van der Waals surface area contributed by atoms with Gasteiger partial charge >= 0.3 is 6.09 Å². The van der Waals surface area contributed by atoms with Crippen molar-refractivity contribution in [3.8, 4) is 11.8 Å². The Morgan fingerprint density at radius 1 is 1.07 bits per heavy atom. The molecule has 0 aromatic heterocycles. The number of carbonyl (C=O) groups is 2. The molecule has 30 heavy (non-hydrogen) atoms. The first-order chi connectivity index (χ1) is 14.3. The molecule has 1 unspecified atom stereocenters. The molecule has 0 radical (unpaired) electrons. The van der Waals surface area contributed by atoms with Crippen molar-refractivity contribution in [2.24, 2.45) is 23.7 Å². The van der Waals surface area contributed by atoms with E-state index >= 15 is 0 Å². The fourth-order valence-electron chi connectivity index (χ4n) is 4.02. The van der Waals surface area contributed by atoms with Crippen molar-refractivity contribution in [2.75, 3.05) is 26.3 Å². The first-order valence-corrected chi connectivity index (χ1v) is 11.6. The molecule has 0 heterocycles. The van der Waals surface area contributed by atoms with Crippen LogP contribution in [0.25, 0.3) is 0 Å². The second-order valence-corrected chi connectivity index (χ2v) is 9.59. The standard InChI is InChI=1S/C24H40N2O4/c1-18(2)12-16-30-24(3,4)13-11-22(27)25-14-15-26-23(28)29-17-21-19-9-7-5-6-8-10-20(19)21/h18-21H,7-17H2,1-4H3,(H,25,27)(H,26,28)/t19-,20+,21?. The SMILES string of the molecule is CC(C)CCOC(C)(C)CCC(=O)NCCNC(=O)OCC1[C@H]2CCC#CCC[C@@H]12. The minimum absolute atomic E-state index is 0.0258. The van der Waals surface area contributed by atoms with Gasteiger partial charge in [0.15, 0.2) is 0 Å². The Labute approximate surface area is 182 Å². The average molecular weight is 421 g/mol. The van der Waals surface area contributed by atoms with E-state index in [0.29, 0.717) is 62.8 Å². The van der Waals surface area contributed by atoms with Crippen molar-refractivity contribution < 1.29 is 19.1 Å². The van der Waals surface area contributed by atoms with Crippen molar-refractivity contribution in [1.29, 1.82) is 0 Å². The van der Waals surface area contributed by atoms with Crippen LogP contribution in [0.3, 0.4) is 0 Å². The van der Waals surface area contributed by atoms with E-state index in [1.807, 2.05) is 13.8 Å². The predicted molar refractivity (Wildman–Crippen MR) is 118 cm³/mol. The molecule has 1 saturated carbocycles. The van der Waals surface area contributed by atoms with Gasteiger partial charge in [-0.25, -0.2) is 4.79 Å². The molecule has 0 aliphatic heterocycles. The maximum Gasteiger partial charge on any atom is 0.407 e. The summed E-state index contributed by atoms with van der Waals surface area (Å²) in [4.78, 5) is 23.9. The molecule has 1 fully saturated rings. The summed E-state index contributed by atoms with van der Waals surface area (Å²) < 4.78 is 11.3. The Morgan fingerprint density at radius 3 is 2.33 bits per heavy atom. The van der Waals surface area contributed by atoms with Gasteiger partial charge in [-0.05, 0) is 63.2 Å². The third-order valence-electron chi connectivity index (χ3n) is 6.10. The molecule has 0 bridgehead atoms. The summed E-state index contributed by atoms with van der Waals surface area (Å²) in [6.45, 7) is 10.3. The van der Waals surface area contributed by atoms with Crippen molar-refractivity contribution in [1.82, 2.24) is 10.6 Å². The maximum atomic E-state index is 12.0. The van der Waals surface area contributed by atoms with E-state index in [4.69, 9.17) is 9.47 Å². The molecule has 2 amide bonds. The number of alkyl carbamates (subject to hydrolysis) is 1. The van der Waals surface area contributed by atoms with Crippen molar-refractivity contribution in [2.45, 2.75) is 78.2 Å². The van der Waals surface area contributed by atoms with E-state index in [1.54, 1.807) is 0 Å². The molecule has 2 aliphatic carbocycles. The van der Waals surface area contributed by atoms with E-state index in [-0.39, 0.29) is 11.5 Å². The molecular weight excluding hydrogens is 380 g/mol. The number of hydrogen-bond donors (Lipinski definition) is 2. The summed E-state index contributed by atoms with van der Waals surface area (Å²) in [5, 5.41) is 5.55. The maximum absolute atomic E-state index is 12.0. The molecule has 2 rings (SSSR count). The van der Waals surface area contributed by atoms with Gasteiger partial charge in [-0.1, -0.05) is 13.8 Å². The molecule has 3 atom stereocenters. The number of rotatable bonds is 12. The molecule has 170 valence electrons. The topological polar surface area (TPSA) is 76.7 Å². The molecule has 6 nitrogen and oxygen atoms in total. The van der Waals surface area contributed by atoms with E-state index in [9.17, 15) is 9.59 Å².